The highest BCUT2D eigenvalue weighted by Gasteiger charge is 2.31. The summed E-state index contributed by atoms with van der Waals surface area (Å²) in [5, 5.41) is 4.66. The van der Waals surface area contributed by atoms with E-state index in [0.29, 0.717) is 13.1 Å². The molecule has 27 heavy (non-hydrogen) atoms. The minimum absolute atomic E-state index is 0.136. The molecule has 1 fully saturated rings. The molecule has 2 aromatic rings. The predicted octanol–water partition coefficient (Wildman–Crippen LogP) is 4.05. The Morgan fingerprint density at radius 3 is 2.59 bits per heavy atom. The fourth-order valence-electron chi connectivity index (χ4n) is 3.99. The molecule has 1 aliphatic heterocycles. The first-order valence-corrected chi connectivity index (χ1v) is 11.9. The highest BCUT2D eigenvalue weighted by atomic mass is 32.2. The number of aryl methyl sites for hydroxylation is 1. The number of thiophene rings is 1. The van der Waals surface area contributed by atoms with Gasteiger partial charge in [0.05, 0.1) is 0 Å². The van der Waals surface area contributed by atoms with Crippen LogP contribution >= 0.6 is 11.3 Å². The van der Waals surface area contributed by atoms with Crippen LogP contribution < -0.4 is 5.32 Å². The van der Waals surface area contributed by atoms with Crippen molar-refractivity contribution in [3.05, 3.63) is 45.6 Å². The number of fused-ring (bicyclic) bond motifs is 1. The van der Waals surface area contributed by atoms with Crippen molar-refractivity contribution in [2.45, 2.75) is 49.8 Å². The van der Waals surface area contributed by atoms with Gasteiger partial charge in [-0.1, -0.05) is 18.6 Å². The molecule has 2 heterocycles. The number of hydrogen-bond acceptors (Lipinski definition) is 4. The quantitative estimate of drug-likeness (QED) is 0.836. The summed E-state index contributed by atoms with van der Waals surface area (Å²) in [6.45, 7) is 1.07. The van der Waals surface area contributed by atoms with E-state index >= 15 is 0 Å². The summed E-state index contributed by atoms with van der Waals surface area (Å²) < 4.78 is 27.5. The average molecular weight is 405 g/mol. The molecule has 2 aliphatic rings. The van der Waals surface area contributed by atoms with Crippen molar-refractivity contribution in [3.63, 3.8) is 0 Å². The van der Waals surface area contributed by atoms with Crippen LogP contribution in [0.1, 0.15) is 52.9 Å². The minimum Gasteiger partial charge on any atom is -0.321 e. The second-order valence-corrected chi connectivity index (χ2v) is 10.0. The van der Waals surface area contributed by atoms with E-state index in [4.69, 9.17) is 0 Å². The fraction of sp³-hybridized carbons (Fsp3) is 0.450. The van der Waals surface area contributed by atoms with Crippen LogP contribution in [0.2, 0.25) is 0 Å². The summed E-state index contributed by atoms with van der Waals surface area (Å²) in [6.07, 6.45) is 7.09. The van der Waals surface area contributed by atoms with Crippen LogP contribution in [0, 0.1) is 0 Å². The molecule has 0 atom stereocenters. The van der Waals surface area contributed by atoms with E-state index in [-0.39, 0.29) is 15.7 Å². The number of sulfonamides is 1. The third-order valence-corrected chi connectivity index (χ3v) is 8.40. The largest absolute Gasteiger partial charge is 0.321 e. The maximum atomic E-state index is 13.0. The third-order valence-electron chi connectivity index (χ3n) is 5.41. The molecule has 144 valence electrons. The second-order valence-electron chi connectivity index (χ2n) is 7.18. The van der Waals surface area contributed by atoms with Gasteiger partial charge in [0.15, 0.2) is 0 Å². The molecule has 1 N–H and O–H groups in total. The molecule has 5 nitrogen and oxygen atoms in total. The summed E-state index contributed by atoms with van der Waals surface area (Å²) in [7, 11) is -3.62. The van der Waals surface area contributed by atoms with E-state index in [1.165, 1.54) is 33.2 Å². The minimum atomic E-state index is -3.62. The van der Waals surface area contributed by atoms with Gasteiger partial charge in [-0.2, -0.15) is 4.31 Å². The van der Waals surface area contributed by atoms with Crippen LogP contribution in [0.3, 0.4) is 0 Å². The lowest BCUT2D eigenvalue weighted by Crippen LogP contribution is -2.36. The Hall–Kier alpha value is -1.70. The summed E-state index contributed by atoms with van der Waals surface area (Å²) >= 11 is 1.19. The number of hydrogen-bond donors (Lipinski definition) is 1. The fourth-order valence-corrected chi connectivity index (χ4v) is 6.80. The molecular weight excluding hydrogens is 380 g/mol. The molecule has 0 radical (unpaired) electrons. The lowest BCUT2D eigenvalue weighted by molar-refractivity contribution is 0.102. The maximum absolute atomic E-state index is 13.0. The van der Waals surface area contributed by atoms with E-state index in [9.17, 15) is 13.2 Å². The average Bonchev–Trinajstić information content (AvgIpc) is 3.20. The normalized spacial score (nSPS) is 18.1. The van der Waals surface area contributed by atoms with Crippen molar-refractivity contribution in [3.8, 4) is 0 Å². The van der Waals surface area contributed by atoms with Crippen molar-refractivity contribution in [1.82, 2.24) is 4.31 Å². The number of nitrogens with zero attached hydrogens (tertiary/aromatic N) is 1. The van der Waals surface area contributed by atoms with Gasteiger partial charge in [-0.15, -0.1) is 11.3 Å². The molecule has 4 rings (SSSR count). The van der Waals surface area contributed by atoms with Gasteiger partial charge in [-0.3, -0.25) is 4.79 Å². The number of carbonyl (C=O) groups is 1. The number of carbonyl (C=O) groups excluding carboxylic acids is 1. The molecule has 1 saturated heterocycles. The summed E-state index contributed by atoms with van der Waals surface area (Å²) in [4.78, 5) is 13.3. The highest BCUT2D eigenvalue weighted by Crippen LogP contribution is 2.31. The lowest BCUT2D eigenvalue weighted by Gasteiger charge is -2.26. The third kappa shape index (κ3) is 3.68. The molecule has 0 spiro atoms. The van der Waals surface area contributed by atoms with Gasteiger partial charge in [-0.25, -0.2) is 8.42 Å². The van der Waals surface area contributed by atoms with Crippen LogP contribution in [0.15, 0.2) is 34.5 Å². The van der Waals surface area contributed by atoms with Crippen molar-refractivity contribution in [2.24, 2.45) is 0 Å². The zero-order valence-corrected chi connectivity index (χ0v) is 16.9. The molecule has 0 bridgehead atoms. The van der Waals surface area contributed by atoms with Crippen molar-refractivity contribution < 1.29 is 13.2 Å². The van der Waals surface area contributed by atoms with Gasteiger partial charge in [0.2, 0.25) is 10.0 Å². The second kappa shape index (κ2) is 7.73. The van der Waals surface area contributed by atoms with E-state index in [2.05, 4.69) is 11.4 Å². The zero-order valence-electron chi connectivity index (χ0n) is 15.2. The molecule has 7 heteroatoms. The smallest absolute Gasteiger partial charge is 0.267 e. The summed E-state index contributed by atoms with van der Waals surface area (Å²) in [6, 6.07) is 7.54. The maximum Gasteiger partial charge on any atom is 0.267 e. The van der Waals surface area contributed by atoms with Gasteiger partial charge in [0, 0.05) is 18.8 Å². The Kier molecular flexibility index (Phi) is 5.34. The Bertz CT molecular complexity index is 944. The van der Waals surface area contributed by atoms with E-state index in [0.717, 1.165) is 44.2 Å². The summed E-state index contributed by atoms with van der Waals surface area (Å²) in [5.41, 5.74) is 3.28. The van der Waals surface area contributed by atoms with Gasteiger partial charge in [0.25, 0.3) is 5.91 Å². The van der Waals surface area contributed by atoms with Gasteiger partial charge in [0.1, 0.15) is 9.77 Å². The summed E-state index contributed by atoms with van der Waals surface area (Å²) in [5.74, 6) is -0.334. The van der Waals surface area contributed by atoms with Crippen LogP contribution in [0.5, 0.6) is 0 Å². The van der Waals surface area contributed by atoms with Crippen molar-refractivity contribution in [1.29, 1.82) is 0 Å². The Balaban J connectivity index is 1.60. The molecule has 1 aliphatic carbocycles. The Morgan fingerprint density at radius 2 is 1.78 bits per heavy atom. The molecule has 1 aromatic heterocycles. The Labute approximate surface area is 164 Å². The number of rotatable bonds is 4. The zero-order chi connectivity index (χ0) is 18.9. The molecule has 1 aromatic carbocycles. The van der Waals surface area contributed by atoms with E-state index in [1.54, 1.807) is 11.4 Å². The SMILES string of the molecule is O=C(Nc1cccc2c1CCCC2)c1sccc1S(=O)(=O)N1CCCCC1. The van der Waals surface area contributed by atoms with E-state index < -0.39 is 10.0 Å². The predicted molar refractivity (Wildman–Crippen MR) is 108 cm³/mol. The number of anilines is 1. The standard InChI is InChI=1S/C20H24N2O3S2/c23-20(21-17-10-6-8-15-7-2-3-9-16(15)17)19-18(11-14-26-19)27(24,25)22-12-4-1-5-13-22/h6,8,10-11,14H,1-5,7,9,12-13H2,(H,21,23). The van der Waals surface area contributed by atoms with Crippen molar-refractivity contribution in [2.75, 3.05) is 18.4 Å². The first kappa shape index (κ1) is 18.7. The van der Waals surface area contributed by atoms with Crippen LogP contribution in [0.25, 0.3) is 0 Å². The van der Waals surface area contributed by atoms with Crippen LogP contribution in [-0.2, 0) is 22.9 Å². The van der Waals surface area contributed by atoms with Gasteiger partial charge >= 0.3 is 0 Å². The van der Waals surface area contributed by atoms with E-state index in [1.807, 2.05) is 12.1 Å². The van der Waals surface area contributed by atoms with Gasteiger partial charge < -0.3 is 5.32 Å². The highest BCUT2D eigenvalue weighted by molar-refractivity contribution is 7.89. The Morgan fingerprint density at radius 1 is 1.00 bits per heavy atom. The first-order chi connectivity index (χ1) is 13.1. The van der Waals surface area contributed by atoms with Crippen molar-refractivity contribution >= 4 is 33.0 Å². The van der Waals surface area contributed by atoms with Crippen LogP contribution in [0.4, 0.5) is 5.69 Å². The first-order valence-electron chi connectivity index (χ1n) is 9.57. The number of benzene rings is 1. The molecule has 1 amide bonds. The molecule has 0 unspecified atom stereocenters. The topological polar surface area (TPSA) is 66.5 Å². The monoisotopic (exact) mass is 404 g/mol. The number of amides is 1. The number of piperidine rings is 1. The number of nitrogens with one attached hydrogen (secondary N) is 1. The van der Waals surface area contributed by atoms with Crippen LogP contribution in [-0.4, -0.2) is 31.7 Å². The lowest BCUT2D eigenvalue weighted by atomic mass is 9.90. The molecule has 0 saturated carbocycles. The molecular formula is C20H24N2O3S2. The van der Waals surface area contributed by atoms with Gasteiger partial charge in [-0.05, 0) is 67.2 Å².